The summed E-state index contributed by atoms with van der Waals surface area (Å²) in [4.78, 5) is 10.9. The van der Waals surface area contributed by atoms with Crippen LogP contribution in [0.1, 0.15) is 24.5 Å². The fraction of sp³-hybridized carbons (Fsp3) is 0.353. The van der Waals surface area contributed by atoms with E-state index in [-0.39, 0.29) is 5.92 Å². The second-order valence-electron chi connectivity index (χ2n) is 6.01. The summed E-state index contributed by atoms with van der Waals surface area (Å²) in [5.74, 6) is 1.21. The smallest absolute Gasteiger partial charge is 0.160 e. The van der Waals surface area contributed by atoms with E-state index >= 15 is 0 Å². The van der Waals surface area contributed by atoms with Crippen LogP contribution < -0.4 is 4.90 Å². The molecular weight excluding hydrogens is 290 g/mol. The zero-order valence-corrected chi connectivity index (χ0v) is 12.8. The highest BCUT2D eigenvalue weighted by Gasteiger charge is 2.27. The Hall–Kier alpha value is -2.47. The molecule has 2 N–H and O–H groups in total. The lowest BCUT2D eigenvalue weighted by atomic mass is 9.87. The first-order valence-corrected chi connectivity index (χ1v) is 7.95. The lowest BCUT2D eigenvalue weighted by Crippen LogP contribution is -2.36. The number of aromatic nitrogens is 4. The van der Waals surface area contributed by atoms with Crippen LogP contribution in [0.25, 0.3) is 11.0 Å². The number of piperidine rings is 1. The van der Waals surface area contributed by atoms with Crippen LogP contribution in [0.4, 0.5) is 5.82 Å². The molecule has 0 aliphatic carbocycles. The van der Waals surface area contributed by atoms with Gasteiger partial charge in [-0.25, -0.2) is 9.97 Å². The van der Waals surface area contributed by atoms with Crippen LogP contribution in [0, 0.1) is 5.92 Å². The number of rotatable bonds is 3. The van der Waals surface area contributed by atoms with Gasteiger partial charge in [-0.3, -0.25) is 5.10 Å². The van der Waals surface area contributed by atoms with Crippen LogP contribution in [0.5, 0.6) is 0 Å². The number of nitrogens with one attached hydrogen (secondary N) is 1. The van der Waals surface area contributed by atoms with Gasteiger partial charge in [0, 0.05) is 13.1 Å². The second kappa shape index (κ2) is 5.96. The van der Waals surface area contributed by atoms with E-state index in [1.54, 1.807) is 12.5 Å². The normalized spacial score (nSPS) is 17.5. The van der Waals surface area contributed by atoms with Crippen molar-refractivity contribution in [3.63, 3.8) is 0 Å². The number of H-pyrrole nitrogens is 1. The Morgan fingerprint density at radius 1 is 1.13 bits per heavy atom. The van der Waals surface area contributed by atoms with Crippen LogP contribution in [0.2, 0.25) is 0 Å². The van der Waals surface area contributed by atoms with Gasteiger partial charge in [-0.15, -0.1) is 0 Å². The molecule has 0 saturated carbocycles. The highest BCUT2D eigenvalue weighted by atomic mass is 16.3. The van der Waals surface area contributed by atoms with Crippen molar-refractivity contribution in [1.29, 1.82) is 0 Å². The van der Waals surface area contributed by atoms with E-state index in [0.717, 1.165) is 48.3 Å². The number of nitrogens with zero attached hydrogens (tertiary/aromatic N) is 4. The van der Waals surface area contributed by atoms with Crippen molar-refractivity contribution in [2.24, 2.45) is 5.92 Å². The van der Waals surface area contributed by atoms with E-state index in [1.165, 1.54) is 0 Å². The van der Waals surface area contributed by atoms with E-state index in [4.69, 9.17) is 0 Å². The van der Waals surface area contributed by atoms with Gasteiger partial charge in [0.25, 0.3) is 0 Å². The molecule has 3 heterocycles. The SMILES string of the molecule is O[C@@H](c1ccccc1)C1CCN(c2ncnc3[nH]ncc23)CC1. The van der Waals surface area contributed by atoms with Crippen molar-refractivity contribution in [1.82, 2.24) is 20.2 Å². The minimum Gasteiger partial charge on any atom is -0.388 e. The van der Waals surface area contributed by atoms with Gasteiger partial charge in [0.1, 0.15) is 12.1 Å². The first-order chi connectivity index (χ1) is 11.3. The molecule has 0 radical (unpaired) electrons. The third-order valence-electron chi connectivity index (χ3n) is 4.65. The molecule has 1 saturated heterocycles. The van der Waals surface area contributed by atoms with Crippen LogP contribution in [0.3, 0.4) is 0 Å². The van der Waals surface area contributed by atoms with Gasteiger partial charge in [0.05, 0.1) is 17.7 Å². The third kappa shape index (κ3) is 2.66. The van der Waals surface area contributed by atoms with E-state index in [0.29, 0.717) is 0 Å². The number of benzene rings is 1. The summed E-state index contributed by atoms with van der Waals surface area (Å²) in [6.07, 6.45) is 4.84. The maximum Gasteiger partial charge on any atom is 0.160 e. The molecular formula is C17H19N5O. The molecule has 1 aliphatic heterocycles. The van der Waals surface area contributed by atoms with Crippen LogP contribution in [-0.4, -0.2) is 38.4 Å². The molecule has 1 aromatic carbocycles. The number of fused-ring (bicyclic) bond motifs is 1. The Bertz CT molecular complexity index is 780. The highest BCUT2D eigenvalue weighted by Crippen LogP contribution is 2.33. The Morgan fingerprint density at radius 3 is 2.70 bits per heavy atom. The molecule has 0 spiro atoms. The molecule has 1 atom stereocenters. The van der Waals surface area contributed by atoms with Gasteiger partial charge in [-0.05, 0) is 24.3 Å². The fourth-order valence-electron chi connectivity index (χ4n) is 3.35. The zero-order chi connectivity index (χ0) is 15.6. The van der Waals surface area contributed by atoms with Crippen molar-refractivity contribution in [2.45, 2.75) is 18.9 Å². The van der Waals surface area contributed by atoms with E-state index in [9.17, 15) is 5.11 Å². The highest BCUT2D eigenvalue weighted by molar-refractivity contribution is 5.86. The first-order valence-electron chi connectivity index (χ1n) is 7.95. The summed E-state index contributed by atoms with van der Waals surface area (Å²) in [6.45, 7) is 1.76. The molecule has 0 unspecified atom stereocenters. The molecule has 3 aromatic rings. The summed E-state index contributed by atoms with van der Waals surface area (Å²) in [6, 6.07) is 9.92. The van der Waals surface area contributed by atoms with E-state index in [1.807, 2.05) is 30.3 Å². The predicted octanol–water partition coefficient (Wildman–Crippen LogP) is 2.30. The van der Waals surface area contributed by atoms with Crippen molar-refractivity contribution < 1.29 is 5.11 Å². The van der Waals surface area contributed by atoms with Gasteiger partial charge >= 0.3 is 0 Å². The molecule has 118 valence electrons. The van der Waals surface area contributed by atoms with Gasteiger partial charge in [-0.2, -0.15) is 5.10 Å². The molecule has 2 aromatic heterocycles. The number of aliphatic hydroxyl groups excluding tert-OH is 1. The molecule has 23 heavy (non-hydrogen) atoms. The largest absolute Gasteiger partial charge is 0.388 e. The van der Waals surface area contributed by atoms with Crippen molar-refractivity contribution >= 4 is 16.9 Å². The summed E-state index contributed by atoms with van der Waals surface area (Å²) >= 11 is 0. The lowest BCUT2D eigenvalue weighted by molar-refractivity contribution is 0.0929. The third-order valence-corrected chi connectivity index (χ3v) is 4.65. The number of anilines is 1. The molecule has 0 amide bonds. The monoisotopic (exact) mass is 309 g/mol. The average molecular weight is 309 g/mol. The van der Waals surface area contributed by atoms with Crippen molar-refractivity contribution in [2.75, 3.05) is 18.0 Å². The molecule has 6 nitrogen and oxygen atoms in total. The maximum absolute atomic E-state index is 10.6. The minimum atomic E-state index is -0.391. The average Bonchev–Trinajstić information content (AvgIpc) is 3.11. The number of aliphatic hydroxyl groups is 1. The molecule has 4 rings (SSSR count). The second-order valence-corrected chi connectivity index (χ2v) is 6.01. The van der Waals surface area contributed by atoms with E-state index in [2.05, 4.69) is 25.1 Å². The van der Waals surface area contributed by atoms with Gasteiger partial charge in [0.15, 0.2) is 5.65 Å². The topological polar surface area (TPSA) is 77.9 Å². The zero-order valence-electron chi connectivity index (χ0n) is 12.8. The van der Waals surface area contributed by atoms with Gasteiger partial charge in [0.2, 0.25) is 0 Å². The fourth-order valence-corrected chi connectivity index (χ4v) is 3.35. The predicted molar refractivity (Wildman–Crippen MR) is 88.0 cm³/mol. The lowest BCUT2D eigenvalue weighted by Gasteiger charge is -2.35. The van der Waals surface area contributed by atoms with Crippen LogP contribution in [0.15, 0.2) is 42.9 Å². The minimum absolute atomic E-state index is 0.287. The quantitative estimate of drug-likeness (QED) is 0.776. The summed E-state index contributed by atoms with van der Waals surface area (Å²) in [7, 11) is 0. The Kier molecular flexibility index (Phi) is 3.67. The van der Waals surface area contributed by atoms with Crippen LogP contribution in [-0.2, 0) is 0 Å². The Morgan fingerprint density at radius 2 is 1.91 bits per heavy atom. The van der Waals surface area contributed by atoms with Gasteiger partial charge < -0.3 is 10.0 Å². The molecule has 1 fully saturated rings. The summed E-state index contributed by atoms with van der Waals surface area (Å²) in [5, 5.41) is 18.5. The Balaban J connectivity index is 1.48. The van der Waals surface area contributed by atoms with Crippen molar-refractivity contribution in [3.8, 4) is 0 Å². The summed E-state index contributed by atoms with van der Waals surface area (Å²) < 4.78 is 0. The Labute approximate surface area is 134 Å². The van der Waals surface area contributed by atoms with Crippen LogP contribution >= 0.6 is 0 Å². The maximum atomic E-state index is 10.6. The standard InChI is InChI=1S/C17H19N5O/c23-15(12-4-2-1-3-5-12)13-6-8-22(9-7-13)17-14-10-20-21-16(14)18-11-19-17/h1-5,10-11,13,15,23H,6-9H2,(H,18,19,20,21)/t15-/m0/s1. The summed E-state index contributed by atoms with van der Waals surface area (Å²) in [5.41, 5.74) is 1.77. The number of hydrogen-bond donors (Lipinski definition) is 2. The first kappa shape index (κ1) is 14.1. The van der Waals surface area contributed by atoms with E-state index < -0.39 is 6.10 Å². The molecule has 6 heteroatoms. The molecule has 0 bridgehead atoms. The molecule has 1 aliphatic rings. The number of aromatic amines is 1. The van der Waals surface area contributed by atoms with Crippen molar-refractivity contribution in [3.05, 3.63) is 48.4 Å². The van der Waals surface area contributed by atoms with Gasteiger partial charge in [-0.1, -0.05) is 30.3 Å². The number of hydrogen-bond acceptors (Lipinski definition) is 5.